The minimum Gasteiger partial charge on any atom is -0.339 e. The summed E-state index contributed by atoms with van der Waals surface area (Å²) in [7, 11) is 1.98. The third-order valence-electron chi connectivity index (χ3n) is 4.28. The van der Waals surface area contributed by atoms with E-state index in [1.807, 2.05) is 60.2 Å². The maximum atomic E-state index is 12.5. The lowest BCUT2D eigenvalue weighted by Gasteiger charge is -2.31. The van der Waals surface area contributed by atoms with Crippen molar-refractivity contribution < 1.29 is 4.79 Å². The predicted octanol–water partition coefficient (Wildman–Crippen LogP) is 2.43. The molecule has 0 bridgehead atoms. The van der Waals surface area contributed by atoms with Crippen molar-refractivity contribution in [1.29, 1.82) is 0 Å². The number of rotatable bonds is 3. The van der Waals surface area contributed by atoms with E-state index in [9.17, 15) is 4.79 Å². The van der Waals surface area contributed by atoms with Gasteiger partial charge in [-0.1, -0.05) is 0 Å². The molecule has 1 aliphatic heterocycles. The maximum Gasteiger partial charge on any atom is 0.253 e. The Morgan fingerprint density at radius 2 is 1.87 bits per heavy atom. The van der Waals surface area contributed by atoms with Gasteiger partial charge in [0.05, 0.1) is 11.9 Å². The number of hydrogen-bond donors (Lipinski definition) is 1. The molecule has 2 aromatic rings. The molecular formula is C17H23ClN4O. The van der Waals surface area contributed by atoms with Crippen molar-refractivity contribution in [2.45, 2.75) is 25.8 Å². The summed E-state index contributed by atoms with van der Waals surface area (Å²) in [6, 6.07) is 8.20. The maximum absolute atomic E-state index is 12.5. The van der Waals surface area contributed by atoms with E-state index in [-0.39, 0.29) is 18.3 Å². The summed E-state index contributed by atoms with van der Waals surface area (Å²) in [6.45, 7) is 3.66. The first-order chi connectivity index (χ1) is 10.7. The molecule has 1 amide bonds. The third kappa shape index (κ3) is 3.92. The number of piperidine rings is 1. The minimum atomic E-state index is 0. The fourth-order valence-corrected chi connectivity index (χ4v) is 2.86. The summed E-state index contributed by atoms with van der Waals surface area (Å²) in [5, 5.41) is 7.57. The van der Waals surface area contributed by atoms with Gasteiger partial charge < -0.3 is 10.2 Å². The highest BCUT2D eigenvalue weighted by molar-refractivity contribution is 5.94. The Morgan fingerprint density at radius 1 is 1.22 bits per heavy atom. The first-order valence-corrected chi connectivity index (χ1v) is 7.75. The Labute approximate surface area is 143 Å². The first kappa shape index (κ1) is 17.5. The number of halogens is 1. The topological polar surface area (TPSA) is 50.2 Å². The smallest absolute Gasteiger partial charge is 0.253 e. The molecule has 2 heterocycles. The van der Waals surface area contributed by atoms with E-state index < -0.39 is 0 Å². The number of nitrogens with zero attached hydrogens (tertiary/aromatic N) is 3. The second-order valence-corrected chi connectivity index (χ2v) is 5.86. The van der Waals surface area contributed by atoms with Crippen LogP contribution in [0, 0.1) is 6.92 Å². The van der Waals surface area contributed by atoms with Crippen LogP contribution in [0.15, 0.2) is 36.7 Å². The molecular weight excluding hydrogens is 312 g/mol. The van der Waals surface area contributed by atoms with Gasteiger partial charge in [-0.2, -0.15) is 5.10 Å². The number of carbonyl (C=O) groups excluding carboxylic acids is 1. The fourth-order valence-electron chi connectivity index (χ4n) is 2.86. The Bertz CT molecular complexity index is 645. The molecule has 1 aromatic carbocycles. The first-order valence-electron chi connectivity index (χ1n) is 7.75. The normalized spacial score (nSPS) is 15.3. The van der Waals surface area contributed by atoms with Crippen LogP contribution >= 0.6 is 12.4 Å². The molecule has 0 spiro atoms. The highest BCUT2D eigenvalue weighted by atomic mass is 35.5. The van der Waals surface area contributed by atoms with Crippen LogP contribution in [0.25, 0.3) is 5.69 Å². The van der Waals surface area contributed by atoms with Gasteiger partial charge in [-0.3, -0.25) is 4.79 Å². The van der Waals surface area contributed by atoms with Crippen LogP contribution in [0.5, 0.6) is 0 Å². The van der Waals surface area contributed by atoms with Crippen molar-refractivity contribution in [2.24, 2.45) is 0 Å². The predicted molar refractivity (Wildman–Crippen MR) is 93.5 cm³/mol. The van der Waals surface area contributed by atoms with Crippen LogP contribution in [-0.2, 0) is 0 Å². The van der Waals surface area contributed by atoms with Gasteiger partial charge in [0.1, 0.15) is 0 Å². The zero-order valence-corrected chi connectivity index (χ0v) is 14.3. The second kappa shape index (κ2) is 7.62. The molecule has 1 saturated heterocycles. The number of aryl methyl sites for hydroxylation is 1. The number of carbonyl (C=O) groups is 1. The summed E-state index contributed by atoms with van der Waals surface area (Å²) in [5.41, 5.74) is 2.83. The molecule has 23 heavy (non-hydrogen) atoms. The van der Waals surface area contributed by atoms with Gasteiger partial charge in [0, 0.05) is 30.9 Å². The molecule has 1 aliphatic rings. The summed E-state index contributed by atoms with van der Waals surface area (Å²) >= 11 is 0. The summed E-state index contributed by atoms with van der Waals surface area (Å²) < 4.78 is 1.82. The molecule has 1 fully saturated rings. The molecule has 124 valence electrons. The van der Waals surface area contributed by atoms with Gasteiger partial charge in [0.15, 0.2) is 0 Å². The summed E-state index contributed by atoms with van der Waals surface area (Å²) in [6.07, 6.45) is 5.84. The van der Waals surface area contributed by atoms with Gasteiger partial charge in [-0.25, -0.2) is 4.68 Å². The molecule has 5 nitrogen and oxygen atoms in total. The lowest BCUT2D eigenvalue weighted by Crippen LogP contribution is -2.43. The van der Waals surface area contributed by atoms with Gasteiger partial charge >= 0.3 is 0 Å². The Morgan fingerprint density at radius 3 is 2.39 bits per heavy atom. The lowest BCUT2D eigenvalue weighted by atomic mass is 10.0. The van der Waals surface area contributed by atoms with Crippen molar-refractivity contribution in [3.8, 4) is 5.69 Å². The van der Waals surface area contributed by atoms with Crippen molar-refractivity contribution in [3.63, 3.8) is 0 Å². The molecule has 1 aromatic heterocycles. The van der Waals surface area contributed by atoms with E-state index >= 15 is 0 Å². The van der Waals surface area contributed by atoms with Crippen molar-refractivity contribution in [3.05, 3.63) is 47.8 Å². The quantitative estimate of drug-likeness (QED) is 0.938. The standard InChI is InChI=1S/C17H22N4O.ClH/c1-13-11-19-21(12-13)16-5-3-14(4-6-16)17(22)20-9-7-15(18-2)8-10-20;/h3-6,11-12,15,18H,7-10H2,1-2H3;1H. The molecule has 0 radical (unpaired) electrons. The van der Waals surface area contributed by atoms with E-state index in [2.05, 4.69) is 10.4 Å². The van der Waals surface area contributed by atoms with Crippen molar-refractivity contribution in [2.75, 3.05) is 20.1 Å². The van der Waals surface area contributed by atoms with Gasteiger partial charge in [0.2, 0.25) is 0 Å². The number of benzene rings is 1. The Kier molecular flexibility index (Phi) is 5.80. The summed E-state index contributed by atoms with van der Waals surface area (Å²) in [5.74, 6) is 0.123. The largest absolute Gasteiger partial charge is 0.339 e. The highest BCUT2D eigenvalue weighted by Crippen LogP contribution is 2.15. The van der Waals surface area contributed by atoms with E-state index in [0.717, 1.165) is 42.7 Å². The van der Waals surface area contributed by atoms with Crippen LogP contribution < -0.4 is 5.32 Å². The SMILES string of the molecule is CNC1CCN(C(=O)c2ccc(-n3cc(C)cn3)cc2)CC1.Cl. The second-order valence-electron chi connectivity index (χ2n) is 5.86. The zero-order valence-electron chi connectivity index (χ0n) is 13.5. The van der Waals surface area contributed by atoms with E-state index in [0.29, 0.717) is 6.04 Å². The minimum absolute atomic E-state index is 0. The van der Waals surface area contributed by atoms with Crippen LogP contribution in [0.4, 0.5) is 0 Å². The summed E-state index contributed by atoms with van der Waals surface area (Å²) in [4.78, 5) is 14.5. The van der Waals surface area contributed by atoms with Crippen LogP contribution in [0.3, 0.4) is 0 Å². The Balaban J connectivity index is 0.00000192. The average Bonchev–Trinajstić information content (AvgIpc) is 3.01. The molecule has 6 heteroatoms. The van der Waals surface area contributed by atoms with Gasteiger partial charge in [-0.15, -0.1) is 12.4 Å². The molecule has 0 aliphatic carbocycles. The highest BCUT2D eigenvalue weighted by Gasteiger charge is 2.22. The van der Waals surface area contributed by atoms with Gasteiger partial charge in [-0.05, 0) is 56.6 Å². The fraction of sp³-hybridized carbons (Fsp3) is 0.412. The number of amides is 1. The average molecular weight is 335 g/mol. The molecule has 0 saturated carbocycles. The monoisotopic (exact) mass is 334 g/mol. The van der Waals surface area contributed by atoms with Crippen LogP contribution in [0.2, 0.25) is 0 Å². The zero-order chi connectivity index (χ0) is 15.5. The van der Waals surface area contributed by atoms with Gasteiger partial charge in [0.25, 0.3) is 5.91 Å². The molecule has 3 rings (SSSR count). The van der Waals surface area contributed by atoms with Crippen LogP contribution in [0.1, 0.15) is 28.8 Å². The van der Waals surface area contributed by atoms with Crippen LogP contribution in [-0.4, -0.2) is 46.8 Å². The lowest BCUT2D eigenvalue weighted by molar-refractivity contribution is 0.0707. The van der Waals surface area contributed by atoms with E-state index in [1.54, 1.807) is 0 Å². The number of nitrogens with one attached hydrogen (secondary N) is 1. The number of aromatic nitrogens is 2. The van der Waals surface area contributed by atoms with E-state index in [1.165, 1.54) is 0 Å². The van der Waals surface area contributed by atoms with Crippen molar-refractivity contribution in [1.82, 2.24) is 20.0 Å². The van der Waals surface area contributed by atoms with Crippen molar-refractivity contribution >= 4 is 18.3 Å². The molecule has 0 unspecified atom stereocenters. The molecule has 1 N–H and O–H groups in total. The third-order valence-corrected chi connectivity index (χ3v) is 4.28. The number of hydrogen-bond acceptors (Lipinski definition) is 3. The molecule has 0 atom stereocenters. The van der Waals surface area contributed by atoms with E-state index in [4.69, 9.17) is 0 Å². The number of likely N-dealkylation sites (tertiary alicyclic amines) is 1. The Hall–Kier alpha value is -1.85.